The van der Waals surface area contributed by atoms with Gasteiger partial charge in [-0.3, -0.25) is 0 Å². The van der Waals surface area contributed by atoms with Gasteiger partial charge in [-0.2, -0.15) is 4.98 Å². The van der Waals surface area contributed by atoms with Gasteiger partial charge in [-0.15, -0.1) is 0 Å². The number of nitrogens with zero attached hydrogens (tertiary/aromatic N) is 2. The van der Waals surface area contributed by atoms with E-state index in [2.05, 4.69) is 53.6 Å². The van der Waals surface area contributed by atoms with Crippen LogP contribution in [0.4, 0.5) is 0 Å². The lowest BCUT2D eigenvalue weighted by Crippen LogP contribution is -2.33. The first-order valence-corrected chi connectivity index (χ1v) is 7.34. The summed E-state index contributed by atoms with van der Waals surface area (Å²) in [4.78, 5) is 4.57. The van der Waals surface area contributed by atoms with Crippen LogP contribution >= 0.6 is 0 Å². The maximum Gasteiger partial charge on any atom is 0.244 e. The highest BCUT2D eigenvalue weighted by Crippen LogP contribution is 2.27. The van der Waals surface area contributed by atoms with Crippen LogP contribution in [0.3, 0.4) is 0 Å². The molecule has 0 spiro atoms. The van der Waals surface area contributed by atoms with Crippen LogP contribution in [-0.2, 0) is 6.42 Å². The molecule has 0 saturated carbocycles. The van der Waals surface area contributed by atoms with Crippen molar-refractivity contribution in [2.75, 3.05) is 6.54 Å². The van der Waals surface area contributed by atoms with E-state index in [1.165, 1.54) is 24.0 Å². The van der Waals surface area contributed by atoms with E-state index >= 15 is 0 Å². The molecule has 0 radical (unpaired) electrons. The molecule has 2 atom stereocenters. The van der Waals surface area contributed by atoms with Crippen molar-refractivity contribution in [2.45, 2.75) is 39.2 Å². The van der Waals surface area contributed by atoms with Crippen LogP contribution < -0.4 is 5.32 Å². The van der Waals surface area contributed by atoms with Gasteiger partial charge < -0.3 is 9.84 Å². The molecular formula is C16H21N3O. The molecule has 0 amide bonds. The predicted octanol–water partition coefficient (Wildman–Crippen LogP) is 3.03. The van der Waals surface area contributed by atoms with Gasteiger partial charge in [0, 0.05) is 6.42 Å². The second-order valence-corrected chi connectivity index (χ2v) is 5.77. The normalized spacial score (nSPS) is 22.9. The Morgan fingerprint density at radius 1 is 1.40 bits per heavy atom. The monoisotopic (exact) mass is 271 g/mol. The molecule has 2 unspecified atom stereocenters. The lowest BCUT2D eigenvalue weighted by molar-refractivity contribution is 0.239. The molecule has 20 heavy (non-hydrogen) atoms. The molecule has 2 aromatic rings. The molecule has 1 aliphatic heterocycles. The Bertz CT molecular complexity index is 579. The highest BCUT2D eigenvalue weighted by molar-refractivity contribution is 5.24. The third-order valence-electron chi connectivity index (χ3n) is 3.96. The summed E-state index contributed by atoms with van der Waals surface area (Å²) in [5.74, 6) is 2.06. The minimum atomic E-state index is 0.211. The van der Waals surface area contributed by atoms with Gasteiger partial charge in [0.1, 0.15) is 0 Å². The number of nitrogens with one attached hydrogen (secondary N) is 1. The summed E-state index contributed by atoms with van der Waals surface area (Å²) in [6.07, 6.45) is 3.17. The largest absolute Gasteiger partial charge is 0.338 e. The molecule has 1 N–H and O–H groups in total. The van der Waals surface area contributed by atoms with Crippen LogP contribution in [0.25, 0.3) is 0 Å². The Balaban J connectivity index is 1.73. The maximum atomic E-state index is 5.45. The Morgan fingerprint density at radius 2 is 2.30 bits per heavy atom. The summed E-state index contributed by atoms with van der Waals surface area (Å²) < 4.78 is 5.45. The lowest BCUT2D eigenvalue weighted by Gasteiger charge is -2.26. The molecule has 4 heteroatoms. The molecule has 2 heterocycles. The maximum absolute atomic E-state index is 5.45. The molecule has 4 nitrogen and oxygen atoms in total. The molecule has 0 bridgehead atoms. The zero-order chi connectivity index (χ0) is 13.9. The summed E-state index contributed by atoms with van der Waals surface area (Å²) in [6.45, 7) is 5.37. The molecule has 3 rings (SSSR count). The van der Waals surface area contributed by atoms with Crippen molar-refractivity contribution >= 4 is 0 Å². The van der Waals surface area contributed by atoms with E-state index in [0.29, 0.717) is 5.92 Å². The summed E-state index contributed by atoms with van der Waals surface area (Å²) in [5.41, 5.74) is 2.48. The fraction of sp³-hybridized carbons (Fsp3) is 0.500. The first-order chi connectivity index (χ1) is 9.72. The fourth-order valence-corrected chi connectivity index (χ4v) is 2.85. The standard InChI is InChI=1S/C16H21N3O/c1-11-5-3-7-13(9-11)10-14-18-16(20-19-14)15-12(2)6-4-8-17-15/h3,5,7,9,12,15,17H,4,6,8,10H2,1-2H3. The minimum Gasteiger partial charge on any atom is -0.338 e. The molecule has 1 aromatic carbocycles. The zero-order valence-corrected chi connectivity index (χ0v) is 12.1. The average molecular weight is 271 g/mol. The van der Waals surface area contributed by atoms with Crippen LogP contribution in [0.2, 0.25) is 0 Å². The number of piperidine rings is 1. The Morgan fingerprint density at radius 3 is 3.10 bits per heavy atom. The predicted molar refractivity (Wildman–Crippen MR) is 77.4 cm³/mol. The van der Waals surface area contributed by atoms with Gasteiger partial charge in [0.25, 0.3) is 0 Å². The summed E-state index contributed by atoms with van der Waals surface area (Å²) in [6, 6.07) is 8.64. The van der Waals surface area contributed by atoms with E-state index in [4.69, 9.17) is 4.52 Å². The molecule has 106 valence electrons. The third kappa shape index (κ3) is 2.90. The Hall–Kier alpha value is -1.68. The van der Waals surface area contributed by atoms with Crippen LogP contribution in [0.5, 0.6) is 0 Å². The van der Waals surface area contributed by atoms with Crippen molar-refractivity contribution in [3.63, 3.8) is 0 Å². The lowest BCUT2D eigenvalue weighted by atomic mass is 9.93. The van der Waals surface area contributed by atoms with Gasteiger partial charge >= 0.3 is 0 Å². The number of aromatic nitrogens is 2. The molecule has 1 aromatic heterocycles. The van der Waals surface area contributed by atoms with E-state index in [0.717, 1.165) is 24.7 Å². The molecule has 1 fully saturated rings. The van der Waals surface area contributed by atoms with Crippen molar-refractivity contribution in [2.24, 2.45) is 5.92 Å². The average Bonchev–Trinajstić information content (AvgIpc) is 2.87. The zero-order valence-electron chi connectivity index (χ0n) is 12.1. The number of hydrogen-bond donors (Lipinski definition) is 1. The summed E-state index contributed by atoms with van der Waals surface area (Å²) in [7, 11) is 0. The third-order valence-corrected chi connectivity index (χ3v) is 3.96. The summed E-state index contributed by atoms with van der Waals surface area (Å²) in [5, 5.41) is 7.60. The second kappa shape index (κ2) is 5.75. The van der Waals surface area contributed by atoms with Crippen molar-refractivity contribution < 1.29 is 4.52 Å². The van der Waals surface area contributed by atoms with E-state index in [1.54, 1.807) is 0 Å². The fourth-order valence-electron chi connectivity index (χ4n) is 2.85. The highest BCUT2D eigenvalue weighted by Gasteiger charge is 2.27. The summed E-state index contributed by atoms with van der Waals surface area (Å²) >= 11 is 0. The van der Waals surface area contributed by atoms with E-state index in [9.17, 15) is 0 Å². The van der Waals surface area contributed by atoms with Gasteiger partial charge in [0.15, 0.2) is 5.82 Å². The first kappa shape index (κ1) is 13.3. The van der Waals surface area contributed by atoms with Crippen molar-refractivity contribution in [1.29, 1.82) is 0 Å². The van der Waals surface area contributed by atoms with Gasteiger partial charge in [-0.25, -0.2) is 0 Å². The quantitative estimate of drug-likeness (QED) is 0.932. The number of hydrogen-bond acceptors (Lipinski definition) is 4. The van der Waals surface area contributed by atoms with Crippen molar-refractivity contribution in [1.82, 2.24) is 15.5 Å². The van der Waals surface area contributed by atoms with Gasteiger partial charge in [0.2, 0.25) is 5.89 Å². The van der Waals surface area contributed by atoms with Crippen molar-refractivity contribution in [3.05, 3.63) is 47.1 Å². The smallest absolute Gasteiger partial charge is 0.244 e. The Labute approximate surface area is 119 Å². The number of benzene rings is 1. The Kier molecular flexibility index (Phi) is 3.83. The molecule has 1 saturated heterocycles. The van der Waals surface area contributed by atoms with Crippen LogP contribution in [-0.4, -0.2) is 16.7 Å². The van der Waals surface area contributed by atoms with Crippen LogP contribution in [0.1, 0.15) is 48.6 Å². The van der Waals surface area contributed by atoms with Crippen LogP contribution in [0, 0.1) is 12.8 Å². The van der Waals surface area contributed by atoms with Gasteiger partial charge in [-0.05, 0) is 37.8 Å². The SMILES string of the molecule is Cc1cccc(Cc2noc(C3NCCCC3C)n2)c1. The second-order valence-electron chi connectivity index (χ2n) is 5.77. The van der Waals surface area contributed by atoms with Crippen LogP contribution in [0.15, 0.2) is 28.8 Å². The van der Waals surface area contributed by atoms with Gasteiger partial charge in [0.05, 0.1) is 6.04 Å². The first-order valence-electron chi connectivity index (χ1n) is 7.34. The number of aryl methyl sites for hydroxylation is 1. The highest BCUT2D eigenvalue weighted by atomic mass is 16.5. The molecule has 0 aliphatic carbocycles. The van der Waals surface area contributed by atoms with E-state index in [-0.39, 0.29) is 6.04 Å². The molecule has 1 aliphatic rings. The van der Waals surface area contributed by atoms with E-state index < -0.39 is 0 Å². The number of rotatable bonds is 3. The topological polar surface area (TPSA) is 51.0 Å². The van der Waals surface area contributed by atoms with Crippen molar-refractivity contribution in [3.8, 4) is 0 Å². The molecular weight excluding hydrogens is 250 g/mol. The van der Waals surface area contributed by atoms with Gasteiger partial charge in [-0.1, -0.05) is 41.9 Å². The van der Waals surface area contributed by atoms with E-state index in [1.807, 2.05) is 0 Å². The minimum absolute atomic E-state index is 0.211.